The fraction of sp³-hybridized carbons (Fsp3) is 0.167. The van der Waals surface area contributed by atoms with E-state index in [2.05, 4.69) is 11.9 Å². The molecule has 4 aromatic rings. The molecule has 0 amide bonds. The van der Waals surface area contributed by atoms with Crippen LogP contribution in [0.5, 0.6) is 0 Å². The molecule has 0 unspecified atom stereocenters. The Bertz CT molecular complexity index is 1180. The number of carbonyl (C=O) groups is 1. The van der Waals surface area contributed by atoms with E-state index < -0.39 is 5.97 Å². The van der Waals surface area contributed by atoms with Crippen molar-refractivity contribution in [1.82, 2.24) is 4.98 Å². The third-order valence-corrected chi connectivity index (χ3v) is 5.16. The third kappa shape index (κ3) is 4.03. The van der Waals surface area contributed by atoms with Crippen molar-refractivity contribution in [3.63, 3.8) is 0 Å². The Kier molecular flexibility index (Phi) is 5.36. The van der Waals surface area contributed by atoms with Gasteiger partial charge in [0.25, 0.3) is 0 Å². The molecule has 0 radical (unpaired) electrons. The van der Waals surface area contributed by atoms with Gasteiger partial charge < -0.3 is 9.52 Å². The number of pyridine rings is 1. The van der Waals surface area contributed by atoms with Crippen LogP contribution < -0.4 is 0 Å². The van der Waals surface area contributed by atoms with Crippen molar-refractivity contribution in [3.05, 3.63) is 76.8 Å². The molecule has 2 heterocycles. The SMILES string of the molecule is CCCCc1ccc2nc(-c3ccc(-c4ccc(Cl)cc4)o3)cc(C(=O)O)c2c1. The van der Waals surface area contributed by atoms with Crippen LogP contribution in [0.15, 0.2) is 65.1 Å². The van der Waals surface area contributed by atoms with Crippen LogP contribution in [0.1, 0.15) is 35.7 Å². The van der Waals surface area contributed by atoms with E-state index in [1.165, 1.54) is 0 Å². The Balaban J connectivity index is 1.76. The highest BCUT2D eigenvalue weighted by molar-refractivity contribution is 6.30. The number of fused-ring (bicyclic) bond motifs is 1. The molecular formula is C24H20ClNO3. The van der Waals surface area contributed by atoms with Gasteiger partial charge in [-0.2, -0.15) is 0 Å². The smallest absolute Gasteiger partial charge is 0.336 e. The molecule has 0 spiro atoms. The second-order valence-electron chi connectivity index (χ2n) is 6.99. The van der Waals surface area contributed by atoms with Crippen molar-refractivity contribution >= 4 is 28.5 Å². The minimum atomic E-state index is -0.976. The molecule has 2 aromatic carbocycles. The normalized spacial score (nSPS) is 11.1. The van der Waals surface area contributed by atoms with E-state index in [1.807, 2.05) is 36.4 Å². The molecule has 146 valence electrons. The Hall–Kier alpha value is -3.11. The van der Waals surface area contributed by atoms with Gasteiger partial charge in [-0.05, 0) is 73.0 Å². The topological polar surface area (TPSA) is 63.3 Å². The van der Waals surface area contributed by atoms with E-state index in [9.17, 15) is 9.90 Å². The Labute approximate surface area is 173 Å². The second kappa shape index (κ2) is 8.10. The standard InChI is InChI=1S/C24H20ClNO3/c1-2-3-4-15-5-10-20-18(13-15)19(24(27)28)14-21(26-20)23-12-11-22(29-23)16-6-8-17(25)9-7-16/h5-14H,2-4H2,1H3,(H,27,28). The molecular weight excluding hydrogens is 386 g/mol. The summed E-state index contributed by atoms with van der Waals surface area (Å²) in [6.07, 6.45) is 3.09. The van der Waals surface area contributed by atoms with Crippen molar-refractivity contribution in [1.29, 1.82) is 0 Å². The van der Waals surface area contributed by atoms with E-state index in [0.29, 0.717) is 33.1 Å². The summed E-state index contributed by atoms with van der Waals surface area (Å²) in [6.45, 7) is 2.14. The summed E-state index contributed by atoms with van der Waals surface area (Å²) in [5.41, 5.74) is 3.38. The van der Waals surface area contributed by atoms with Crippen molar-refractivity contribution in [2.45, 2.75) is 26.2 Å². The Morgan fingerprint density at radius 1 is 1.03 bits per heavy atom. The Morgan fingerprint density at radius 3 is 2.52 bits per heavy atom. The fourth-order valence-electron chi connectivity index (χ4n) is 3.36. The lowest BCUT2D eigenvalue weighted by Gasteiger charge is -2.08. The number of aromatic nitrogens is 1. The maximum absolute atomic E-state index is 11.9. The number of rotatable bonds is 6. The number of carboxylic acids is 1. The lowest BCUT2D eigenvalue weighted by atomic mass is 10.0. The molecule has 0 saturated heterocycles. The number of halogens is 1. The average Bonchev–Trinajstić information content (AvgIpc) is 3.22. The monoisotopic (exact) mass is 405 g/mol. The van der Waals surface area contributed by atoms with Crippen molar-refractivity contribution in [3.8, 4) is 22.8 Å². The van der Waals surface area contributed by atoms with E-state index in [1.54, 1.807) is 24.3 Å². The first-order valence-corrected chi connectivity index (χ1v) is 9.96. The van der Waals surface area contributed by atoms with Crippen LogP contribution >= 0.6 is 11.6 Å². The number of benzene rings is 2. The maximum Gasteiger partial charge on any atom is 0.336 e. The maximum atomic E-state index is 11.9. The van der Waals surface area contributed by atoms with Crippen LogP contribution in [0, 0.1) is 0 Å². The molecule has 0 fully saturated rings. The fourth-order valence-corrected chi connectivity index (χ4v) is 3.48. The number of furan rings is 1. The van der Waals surface area contributed by atoms with E-state index in [-0.39, 0.29) is 5.56 Å². The van der Waals surface area contributed by atoms with E-state index >= 15 is 0 Å². The lowest BCUT2D eigenvalue weighted by Crippen LogP contribution is -2.01. The zero-order valence-electron chi connectivity index (χ0n) is 16.0. The van der Waals surface area contributed by atoms with Gasteiger partial charge in [0.2, 0.25) is 0 Å². The summed E-state index contributed by atoms with van der Waals surface area (Å²) in [5, 5.41) is 11.1. The van der Waals surface area contributed by atoms with Crippen molar-refractivity contribution in [2.75, 3.05) is 0 Å². The molecule has 29 heavy (non-hydrogen) atoms. The number of aromatic carboxylic acids is 1. The highest BCUT2D eigenvalue weighted by Crippen LogP contribution is 2.31. The first-order chi connectivity index (χ1) is 14.0. The van der Waals surface area contributed by atoms with Crippen LogP contribution in [0.3, 0.4) is 0 Å². The quantitative estimate of drug-likeness (QED) is 0.380. The van der Waals surface area contributed by atoms with Crippen molar-refractivity contribution in [2.24, 2.45) is 0 Å². The first kappa shape index (κ1) is 19.2. The zero-order valence-corrected chi connectivity index (χ0v) is 16.7. The minimum Gasteiger partial charge on any atom is -0.478 e. The summed E-state index contributed by atoms with van der Waals surface area (Å²) in [5.74, 6) is 0.218. The molecule has 5 heteroatoms. The van der Waals surface area contributed by atoms with Crippen molar-refractivity contribution < 1.29 is 14.3 Å². The number of aryl methyl sites for hydroxylation is 1. The molecule has 4 nitrogen and oxygen atoms in total. The molecule has 0 saturated carbocycles. The average molecular weight is 406 g/mol. The summed E-state index contributed by atoms with van der Waals surface area (Å²) < 4.78 is 5.96. The first-order valence-electron chi connectivity index (χ1n) is 9.58. The predicted molar refractivity (Wildman–Crippen MR) is 115 cm³/mol. The van der Waals surface area contributed by atoms with Crippen LogP contribution in [-0.2, 0) is 6.42 Å². The van der Waals surface area contributed by atoms with Gasteiger partial charge >= 0.3 is 5.97 Å². The molecule has 0 aliphatic heterocycles. The molecule has 4 rings (SSSR count). The number of hydrogen-bond donors (Lipinski definition) is 1. The van der Waals surface area contributed by atoms with Gasteiger partial charge in [0.15, 0.2) is 5.76 Å². The van der Waals surface area contributed by atoms with Crippen LogP contribution in [0.4, 0.5) is 0 Å². The van der Waals surface area contributed by atoms with Gasteiger partial charge in [-0.25, -0.2) is 9.78 Å². The number of nitrogens with zero attached hydrogens (tertiary/aromatic N) is 1. The third-order valence-electron chi connectivity index (χ3n) is 4.91. The largest absolute Gasteiger partial charge is 0.478 e. The van der Waals surface area contributed by atoms with E-state index in [0.717, 1.165) is 30.4 Å². The molecule has 0 bridgehead atoms. The second-order valence-corrected chi connectivity index (χ2v) is 7.42. The number of hydrogen-bond acceptors (Lipinski definition) is 3. The number of carboxylic acid groups (broad SMARTS) is 1. The summed E-state index contributed by atoms with van der Waals surface area (Å²) in [6, 6.07) is 18.4. The summed E-state index contributed by atoms with van der Waals surface area (Å²) >= 11 is 5.95. The number of unbranched alkanes of at least 4 members (excludes halogenated alkanes) is 1. The van der Waals surface area contributed by atoms with Gasteiger partial charge in [0.1, 0.15) is 11.5 Å². The zero-order chi connectivity index (χ0) is 20.4. The van der Waals surface area contributed by atoms with Crippen LogP contribution in [0.25, 0.3) is 33.7 Å². The van der Waals surface area contributed by atoms with Gasteiger partial charge in [-0.15, -0.1) is 0 Å². The van der Waals surface area contributed by atoms with Gasteiger partial charge in [0.05, 0.1) is 11.1 Å². The molecule has 0 aliphatic rings. The van der Waals surface area contributed by atoms with Gasteiger partial charge in [0, 0.05) is 16.0 Å². The summed E-state index contributed by atoms with van der Waals surface area (Å²) in [4.78, 5) is 16.6. The van der Waals surface area contributed by atoms with Crippen LogP contribution in [-0.4, -0.2) is 16.1 Å². The predicted octanol–water partition coefficient (Wildman–Crippen LogP) is 6.86. The van der Waals surface area contributed by atoms with Gasteiger partial charge in [-0.3, -0.25) is 0 Å². The molecule has 0 atom stereocenters. The summed E-state index contributed by atoms with van der Waals surface area (Å²) in [7, 11) is 0. The molecule has 0 aliphatic carbocycles. The minimum absolute atomic E-state index is 0.229. The highest BCUT2D eigenvalue weighted by atomic mass is 35.5. The highest BCUT2D eigenvalue weighted by Gasteiger charge is 2.16. The lowest BCUT2D eigenvalue weighted by molar-refractivity contribution is 0.0699. The Morgan fingerprint density at radius 2 is 1.79 bits per heavy atom. The van der Waals surface area contributed by atoms with E-state index in [4.69, 9.17) is 16.0 Å². The van der Waals surface area contributed by atoms with Gasteiger partial charge in [-0.1, -0.05) is 31.0 Å². The van der Waals surface area contributed by atoms with Crippen LogP contribution in [0.2, 0.25) is 5.02 Å². The molecule has 2 aromatic heterocycles. The molecule has 1 N–H and O–H groups in total.